The van der Waals surface area contributed by atoms with Crippen molar-refractivity contribution in [2.24, 2.45) is 0 Å². The Bertz CT molecular complexity index is 289. The first-order valence-corrected chi connectivity index (χ1v) is 11.1. The zero-order valence-corrected chi connectivity index (χ0v) is 13.4. The summed E-state index contributed by atoms with van der Waals surface area (Å²) < 4.78 is 5.52. The van der Waals surface area contributed by atoms with E-state index in [4.69, 9.17) is 4.74 Å². The topological polar surface area (TPSA) is 12.5 Å². The highest BCUT2D eigenvalue weighted by molar-refractivity contribution is 6.83. The lowest BCUT2D eigenvalue weighted by molar-refractivity contribution is 0.0224. The van der Waals surface area contributed by atoms with E-state index in [-0.39, 0.29) is 0 Å². The van der Waals surface area contributed by atoms with Gasteiger partial charge in [0.2, 0.25) is 0 Å². The molecule has 104 valence electrons. The Balaban J connectivity index is 2.17. The molecule has 2 nitrogen and oxygen atoms in total. The molecule has 0 aromatic carbocycles. The van der Waals surface area contributed by atoms with Gasteiger partial charge in [-0.3, -0.25) is 4.90 Å². The minimum atomic E-state index is -1.18. The van der Waals surface area contributed by atoms with E-state index in [0.717, 1.165) is 32.3 Å². The first-order chi connectivity index (χ1) is 8.59. The van der Waals surface area contributed by atoms with Gasteiger partial charge in [0.05, 0.1) is 21.3 Å². The number of allylic oxidation sites excluding steroid dienone is 1. The summed E-state index contributed by atoms with van der Waals surface area (Å²) >= 11 is 0. The lowest BCUT2D eigenvalue weighted by atomic mass is 10.0. The van der Waals surface area contributed by atoms with E-state index in [9.17, 15) is 0 Å². The Labute approximate surface area is 113 Å². The molecule has 0 radical (unpaired) electrons. The van der Waals surface area contributed by atoms with Crippen LogP contribution in [-0.4, -0.2) is 45.3 Å². The summed E-state index contributed by atoms with van der Waals surface area (Å²) in [6, 6.07) is 0.723. The third-order valence-corrected chi connectivity index (χ3v) is 6.53. The molecule has 0 aromatic rings. The quantitative estimate of drug-likeness (QED) is 0.711. The van der Waals surface area contributed by atoms with Gasteiger partial charge in [0.15, 0.2) is 0 Å². The number of nitrogens with zero attached hydrogens (tertiary/aromatic N) is 1. The molecule has 18 heavy (non-hydrogen) atoms. The van der Waals surface area contributed by atoms with Crippen molar-refractivity contribution in [3.05, 3.63) is 11.3 Å². The highest BCUT2D eigenvalue weighted by Gasteiger charge is 2.31. The molecule has 1 saturated heterocycles. The van der Waals surface area contributed by atoms with Gasteiger partial charge >= 0.3 is 0 Å². The Morgan fingerprint density at radius 1 is 1.11 bits per heavy atom. The number of hydrogen-bond donors (Lipinski definition) is 0. The minimum Gasteiger partial charge on any atom is -0.379 e. The molecule has 1 atom stereocenters. The molecule has 2 rings (SSSR count). The molecule has 0 amide bonds. The van der Waals surface area contributed by atoms with E-state index in [2.05, 4.69) is 30.6 Å². The summed E-state index contributed by atoms with van der Waals surface area (Å²) in [5.41, 5.74) is 0. The number of ether oxygens (including phenoxy) is 1. The molecule has 0 spiro atoms. The molecule has 0 saturated carbocycles. The molecule has 1 unspecified atom stereocenters. The van der Waals surface area contributed by atoms with Crippen molar-refractivity contribution in [2.75, 3.05) is 26.3 Å². The summed E-state index contributed by atoms with van der Waals surface area (Å²) in [5.74, 6) is 0. The molecule has 2 aliphatic rings. The Kier molecular flexibility index (Phi) is 5.04. The highest BCUT2D eigenvalue weighted by atomic mass is 28.3. The summed E-state index contributed by atoms with van der Waals surface area (Å²) in [7, 11) is -1.18. The largest absolute Gasteiger partial charge is 0.379 e. The van der Waals surface area contributed by atoms with Crippen LogP contribution in [0.2, 0.25) is 19.6 Å². The fourth-order valence-electron chi connectivity index (χ4n) is 3.28. The van der Waals surface area contributed by atoms with Gasteiger partial charge in [-0.2, -0.15) is 0 Å². The van der Waals surface area contributed by atoms with Gasteiger partial charge in [0, 0.05) is 19.1 Å². The number of hydrogen-bond acceptors (Lipinski definition) is 2. The zero-order chi connectivity index (χ0) is 13.0. The average Bonchev–Trinajstić information content (AvgIpc) is 2.28. The second kappa shape index (κ2) is 6.35. The maximum atomic E-state index is 5.52. The molecule has 0 bridgehead atoms. The first kappa shape index (κ1) is 14.3. The lowest BCUT2D eigenvalue weighted by Crippen LogP contribution is -2.48. The van der Waals surface area contributed by atoms with Crippen LogP contribution in [0.15, 0.2) is 11.3 Å². The van der Waals surface area contributed by atoms with Crippen LogP contribution >= 0.6 is 0 Å². The predicted molar refractivity (Wildman–Crippen MR) is 80.7 cm³/mol. The molecule has 0 N–H and O–H groups in total. The normalized spacial score (nSPS) is 31.3. The first-order valence-electron chi connectivity index (χ1n) is 7.61. The summed E-state index contributed by atoms with van der Waals surface area (Å²) in [6.45, 7) is 11.6. The van der Waals surface area contributed by atoms with Gasteiger partial charge in [0.1, 0.15) is 0 Å². The Morgan fingerprint density at radius 3 is 2.50 bits per heavy atom. The van der Waals surface area contributed by atoms with Crippen LogP contribution in [0.25, 0.3) is 0 Å². The monoisotopic (exact) mass is 267 g/mol. The lowest BCUT2D eigenvalue weighted by Gasteiger charge is -2.40. The van der Waals surface area contributed by atoms with Crippen LogP contribution < -0.4 is 0 Å². The molecule has 1 aliphatic carbocycles. The third-order valence-electron chi connectivity index (χ3n) is 4.26. The van der Waals surface area contributed by atoms with Crippen molar-refractivity contribution in [3.63, 3.8) is 0 Å². The number of morpholine rings is 1. The van der Waals surface area contributed by atoms with Crippen LogP contribution in [0.4, 0.5) is 0 Å². The van der Waals surface area contributed by atoms with Crippen molar-refractivity contribution < 1.29 is 4.74 Å². The van der Waals surface area contributed by atoms with Gasteiger partial charge in [-0.15, -0.1) is 0 Å². The van der Waals surface area contributed by atoms with Crippen molar-refractivity contribution in [1.82, 2.24) is 4.90 Å². The molecule has 0 aromatic heterocycles. The standard InChI is InChI=1S/C15H29NOSi/c1-18(2,3)15-9-7-5-4-6-8-14(15)16-10-12-17-13-11-16/h9,14H,4-8,10-13H2,1-3H3/b15-9+. The molecule has 3 heteroatoms. The fraction of sp³-hybridized carbons (Fsp3) is 0.867. The van der Waals surface area contributed by atoms with Crippen molar-refractivity contribution in [1.29, 1.82) is 0 Å². The van der Waals surface area contributed by atoms with E-state index in [1.54, 1.807) is 0 Å². The Morgan fingerprint density at radius 2 is 1.83 bits per heavy atom. The molecule has 1 heterocycles. The second-order valence-corrected chi connectivity index (χ2v) is 11.8. The van der Waals surface area contributed by atoms with Crippen LogP contribution in [0.5, 0.6) is 0 Å². The molecular weight excluding hydrogens is 238 g/mol. The highest BCUT2D eigenvalue weighted by Crippen LogP contribution is 2.29. The summed E-state index contributed by atoms with van der Waals surface area (Å²) in [5, 5.41) is 1.81. The third kappa shape index (κ3) is 3.69. The molecule has 1 fully saturated rings. The van der Waals surface area contributed by atoms with Crippen molar-refractivity contribution in [2.45, 2.75) is 57.8 Å². The van der Waals surface area contributed by atoms with Gasteiger partial charge in [-0.25, -0.2) is 0 Å². The van der Waals surface area contributed by atoms with Gasteiger partial charge in [-0.1, -0.05) is 43.8 Å². The van der Waals surface area contributed by atoms with Crippen LogP contribution in [0.3, 0.4) is 0 Å². The second-order valence-electron chi connectivity index (χ2n) is 6.71. The van der Waals surface area contributed by atoms with E-state index >= 15 is 0 Å². The maximum absolute atomic E-state index is 5.52. The summed E-state index contributed by atoms with van der Waals surface area (Å²) in [4.78, 5) is 2.69. The van der Waals surface area contributed by atoms with Crippen LogP contribution in [0, 0.1) is 0 Å². The van der Waals surface area contributed by atoms with Crippen molar-refractivity contribution in [3.8, 4) is 0 Å². The van der Waals surface area contributed by atoms with E-state index in [1.165, 1.54) is 32.1 Å². The van der Waals surface area contributed by atoms with Gasteiger partial charge in [-0.05, 0) is 19.3 Å². The van der Waals surface area contributed by atoms with E-state index < -0.39 is 8.07 Å². The van der Waals surface area contributed by atoms with E-state index in [0.29, 0.717) is 0 Å². The van der Waals surface area contributed by atoms with Crippen molar-refractivity contribution >= 4 is 8.07 Å². The SMILES string of the molecule is C[Si](C)(C)/C1=C/CCCCCC1N1CCOCC1. The predicted octanol–water partition coefficient (Wildman–Crippen LogP) is 3.46. The smallest absolute Gasteiger partial charge is 0.0740 e. The minimum absolute atomic E-state index is 0.723. The van der Waals surface area contributed by atoms with Crippen LogP contribution in [-0.2, 0) is 4.74 Å². The van der Waals surface area contributed by atoms with Gasteiger partial charge < -0.3 is 4.74 Å². The molecular formula is C15H29NOSi. The fourth-order valence-corrected chi connectivity index (χ4v) is 5.37. The summed E-state index contributed by atoms with van der Waals surface area (Å²) in [6.07, 6.45) is 9.49. The average molecular weight is 267 g/mol. The molecule has 1 aliphatic heterocycles. The Hall–Kier alpha value is -0.123. The van der Waals surface area contributed by atoms with E-state index in [1.807, 2.05) is 5.20 Å². The number of rotatable bonds is 2. The van der Waals surface area contributed by atoms with Gasteiger partial charge in [0.25, 0.3) is 0 Å². The zero-order valence-electron chi connectivity index (χ0n) is 12.4. The van der Waals surface area contributed by atoms with Crippen LogP contribution in [0.1, 0.15) is 32.1 Å². The maximum Gasteiger partial charge on any atom is 0.0740 e.